The van der Waals surface area contributed by atoms with Crippen molar-refractivity contribution < 1.29 is 23.5 Å². The zero-order valence-corrected chi connectivity index (χ0v) is 40.7. The third-order valence-electron chi connectivity index (χ3n) is 12.7. The van der Waals surface area contributed by atoms with Gasteiger partial charge in [-0.25, -0.2) is 9.97 Å². The number of nitrogens with zero attached hydrogens (tertiary/aromatic N) is 8. The zero-order valence-electron chi connectivity index (χ0n) is 40.7. The molecule has 3 aromatic carbocycles. The number of allylic oxidation sites excluding steroid dienone is 1. The van der Waals surface area contributed by atoms with Gasteiger partial charge in [0.05, 0.1) is 61.1 Å². The quantitative estimate of drug-likeness (QED) is 0.0621. The number of hydrogen-bond donors (Lipinski definition) is 0. The van der Waals surface area contributed by atoms with Gasteiger partial charge in [0, 0.05) is 50.9 Å². The third kappa shape index (κ3) is 11.8. The number of furan rings is 1. The lowest BCUT2D eigenvalue weighted by atomic mass is 10.0. The minimum Gasteiger partial charge on any atom is -0.466 e. The van der Waals surface area contributed by atoms with Crippen molar-refractivity contribution in [2.75, 3.05) is 58.8 Å². The summed E-state index contributed by atoms with van der Waals surface area (Å²) in [7, 11) is 5.84. The van der Waals surface area contributed by atoms with Crippen molar-refractivity contribution in [2.45, 2.75) is 84.5 Å². The van der Waals surface area contributed by atoms with Gasteiger partial charge in [-0.05, 0) is 100 Å². The molecule has 1 aliphatic carbocycles. The fraction of sp³-hybridized carbons (Fsp3) is 0.389. The van der Waals surface area contributed by atoms with Crippen LogP contribution in [0.1, 0.15) is 110 Å². The van der Waals surface area contributed by atoms with Crippen LogP contribution >= 0.6 is 0 Å². The molecule has 2 atom stereocenters. The molecule has 362 valence electrons. The molecule has 3 aromatic heterocycles. The Balaban J connectivity index is 1.17. The number of likely N-dealkylation sites (N-methyl/N-ethyl adjacent to an activating group) is 2. The maximum Gasteiger partial charge on any atom is 0.306 e. The number of fused-ring (bicyclic) bond motifs is 2. The zero-order chi connectivity index (χ0) is 49.0. The van der Waals surface area contributed by atoms with E-state index in [0.29, 0.717) is 72.7 Å². The standard InChI is InChI=1S/C54H64N8O7/c1-7-45(59(33-31-57(4)5)48(63)29-30-49(64)68-9-3)50-55-43-22-15-13-20-41(43)53(66)62(50)37-39-25-27-40(28-26-39)58(6)32-34-60(54(67)47-24-17-35-69-47)46(8-2)51-56-44-23-16-14-21-42(44)52(65)61(51)36-38-18-11-10-12-19-38/h10-12,14-19,21-28,35,45-46H,7-9,13,20,29-34,36-37H2,1-6H3. The first-order valence-corrected chi connectivity index (χ1v) is 24.0. The Morgan fingerprint density at radius 2 is 1.36 bits per heavy atom. The van der Waals surface area contributed by atoms with Crippen molar-refractivity contribution in [1.29, 1.82) is 0 Å². The summed E-state index contributed by atoms with van der Waals surface area (Å²) in [5.74, 6) is 0.232. The molecular formula is C54H64N8O7. The SMILES string of the molecule is CCOC(=O)CCC(=O)N(CCN(C)C)C(CC)c1nc2c(c(=O)n1Cc1ccc(N(C)CCN(C(=O)c3ccco3)C(CC)c3nc4ccccc4c(=O)n3Cc3ccccc3)cc1)CCC=C2. The number of aromatic nitrogens is 4. The van der Waals surface area contributed by atoms with Gasteiger partial charge < -0.3 is 28.8 Å². The first-order chi connectivity index (χ1) is 33.4. The average Bonchev–Trinajstić information content (AvgIpc) is 3.91. The highest BCUT2D eigenvalue weighted by molar-refractivity contribution is 5.92. The van der Waals surface area contributed by atoms with Crippen LogP contribution in [0.25, 0.3) is 17.0 Å². The summed E-state index contributed by atoms with van der Waals surface area (Å²) in [5, 5.41) is 0.505. The Labute approximate surface area is 403 Å². The molecule has 7 rings (SSSR count). The van der Waals surface area contributed by atoms with Crippen molar-refractivity contribution in [3.8, 4) is 0 Å². The second-order valence-corrected chi connectivity index (χ2v) is 17.6. The summed E-state index contributed by atoms with van der Waals surface area (Å²) in [5.41, 5.74) is 4.22. The van der Waals surface area contributed by atoms with Crippen LogP contribution in [0.15, 0.2) is 117 Å². The highest BCUT2D eigenvalue weighted by atomic mass is 16.5. The van der Waals surface area contributed by atoms with E-state index in [1.165, 1.54) is 6.26 Å². The van der Waals surface area contributed by atoms with Crippen LogP contribution < -0.4 is 16.0 Å². The molecule has 2 unspecified atom stereocenters. The Hall–Kier alpha value is -7.13. The Kier molecular flexibility index (Phi) is 16.8. The number of hydrogen-bond acceptors (Lipinski definition) is 11. The molecule has 6 aromatic rings. The molecule has 1 aliphatic rings. The summed E-state index contributed by atoms with van der Waals surface area (Å²) in [6, 6.07) is 27.2. The van der Waals surface area contributed by atoms with Gasteiger partial charge in [-0.1, -0.05) is 74.5 Å². The normalized spacial score (nSPS) is 13.0. The molecule has 0 bridgehead atoms. The molecule has 15 nitrogen and oxygen atoms in total. The number of rotatable bonds is 22. The second kappa shape index (κ2) is 23.3. The molecule has 0 spiro atoms. The number of carbonyl (C=O) groups is 3. The second-order valence-electron chi connectivity index (χ2n) is 17.6. The third-order valence-corrected chi connectivity index (χ3v) is 12.7. The van der Waals surface area contributed by atoms with Crippen LogP contribution in [0, 0.1) is 0 Å². The van der Waals surface area contributed by atoms with E-state index in [0.717, 1.165) is 23.2 Å². The fourth-order valence-electron chi connectivity index (χ4n) is 8.99. The van der Waals surface area contributed by atoms with Crippen molar-refractivity contribution in [3.05, 3.63) is 164 Å². The smallest absolute Gasteiger partial charge is 0.306 e. The monoisotopic (exact) mass is 936 g/mol. The van der Waals surface area contributed by atoms with Crippen LogP contribution in [0.4, 0.5) is 5.69 Å². The van der Waals surface area contributed by atoms with E-state index in [4.69, 9.17) is 19.1 Å². The summed E-state index contributed by atoms with van der Waals surface area (Å²) < 4.78 is 14.2. The van der Waals surface area contributed by atoms with Gasteiger partial charge in [-0.2, -0.15) is 0 Å². The topological polar surface area (TPSA) is 156 Å². The van der Waals surface area contributed by atoms with E-state index in [1.54, 1.807) is 44.1 Å². The molecule has 3 heterocycles. The number of carbonyl (C=O) groups excluding carboxylic acids is 3. The van der Waals surface area contributed by atoms with Crippen LogP contribution in [-0.2, 0) is 33.8 Å². The predicted octanol–water partition coefficient (Wildman–Crippen LogP) is 7.52. The summed E-state index contributed by atoms with van der Waals surface area (Å²) >= 11 is 0. The number of esters is 1. The summed E-state index contributed by atoms with van der Waals surface area (Å²) in [4.78, 5) is 87.2. The minimum absolute atomic E-state index is 0.0175. The van der Waals surface area contributed by atoms with Gasteiger partial charge in [0.1, 0.15) is 11.6 Å². The molecule has 0 aliphatic heterocycles. The molecule has 2 amide bonds. The molecule has 0 saturated carbocycles. The van der Waals surface area contributed by atoms with Gasteiger partial charge in [0.15, 0.2) is 5.76 Å². The minimum atomic E-state index is -0.578. The van der Waals surface area contributed by atoms with Crippen molar-refractivity contribution in [3.63, 3.8) is 0 Å². The largest absolute Gasteiger partial charge is 0.466 e. The van der Waals surface area contributed by atoms with E-state index in [-0.39, 0.29) is 67.8 Å². The van der Waals surface area contributed by atoms with E-state index >= 15 is 0 Å². The number of benzene rings is 3. The molecule has 69 heavy (non-hydrogen) atoms. The van der Waals surface area contributed by atoms with Crippen molar-refractivity contribution >= 4 is 40.4 Å². The molecule has 0 saturated heterocycles. The van der Waals surface area contributed by atoms with E-state index in [1.807, 2.05) is 125 Å². The van der Waals surface area contributed by atoms with Crippen LogP contribution in [0.2, 0.25) is 0 Å². The lowest BCUT2D eigenvalue weighted by Crippen LogP contribution is -2.43. The van der Waals surface area contributed by atoms with Gasteiger partial charge >= 0.3 is 5.97 Å². The Morgan fingerprint density at radius 1 is 0.710 bits per heavy atom. The number of amides is 2. The Bertz CT molecular complexity index is 2860. The maximum absolute atomic E-state index is 14.5. The van der Waals surface area contributed by atoms with Gasteiger partial charge in [0.2, 0.25) is 5.91 Å². The van der Waals surface area contributed by atoms with Gasteiger partial charge in [-0.3, -0.25) is 33.1 Å². The van der Waals surface area contributed by atoms with Crippen LogP contribution in [-0.4, -0.2) is 106 Å². The molecule has 0 radical (unpaired) electrons. The van der Waals surface area contributed by atoms with Crippen LogP contribution in [0.5, 0.6) is 0 Å². The predicted molar refractivity (Wildman–Crippen MR) is 268 cm³/mol. The average molecular weight is 937 g/mol. The molecule has 15 heteroatoms. The summed E-state index contributed by atoms with van der Waals surface area (Å²) in [6.45, 7) is 8.12. The first-order valence-electron chi connectivity index (χ1n) is 24.0. The lowest BCUT2D eigenvalue weighted by molar-refractivity contribution is -0.146. The first kappa shape index (κ1) is 49.8. The van der Waals surface area contributed by atoms with Gasteiger partial charge in [-0.15, -0.1) is 0 Å². The fourth-order valence-corrected chi connectivity index (χ4v) is 8.99. The van der Waals surface area contributed by atoms with Crippen molar-refractivity contribution in [2.24, 2.45) is 0 Å². The number of para-hydroxylation sites is 1. The maximum atomic E-state index is 14.5. The molecular weight excluding hydrogens is 873 g/mol. The molecule has 0 fully saturated rings. The Morgan fingerprint density at radius 3 is 2.04 bits per heavy atom. The van der Waals surface area contributed by atoms with E-state index in [9.17, 15) is 24.0 Å². The van der Waals surface area contributed by atoms with E-state index in [2.05, 4.69) is 4.90 Å². The highest BCUT2D eigenvalue weighted by Gasteiger charge is 2.32. The highest BCUT2D eigenvalue weighted by Crippen LogP contribution is 2.29. The number of anilines is 1. The van der Waals surface area contributed by atoms with Crippen molar-refractivity contribution in [1.82, 2.24) is 33.8 Å². The van der Waals surface area contributed by atoms with Crippen LogP contribution in [0.3, 0.4) is 0 Å². The van der Waals surface area contributed by atoms with Gasteiger partial charge in [0.25, 0.3) is 17.0 Å². The van der Waals surface area contributed by atoms with E-state index < -0.39 is 18.1 Å². The molecule has 0 N–H and O–H groups in total. The number of ether oxygens (including phenoxy) is 1. The lowest BCUT2D eigenvalue weighted by Gasteiger charge is -2.34. The summed E-state index contributed by atoms with van der Waals surface area (Å²) in [6.07, 6.45) is 7.62.